The summed E-state index contributed by atoms with van der Waals surface area (Å²) in [5, 5.41) is 19.1. The molecule has 5 N–H and O–H groups in total. The van der Waals surface area contributed by atoms with Crippen LogP contribution >= 0.6 is 33.9 Å². The Kier molecular flexibility index (Phi) is 21.3. The van der Waals surface area contributed by atoms with Crippen LogP contribution in [0.25, 0.3) is 10.4 Å². The largest absolute Gasteiger partial charge is 0.391 e. The van der Waals surface area contributed by atoms with Crippen LogP contribution in [0.15, 0.2) is 60.1 Å². The number of anilines is 2. The quantitative estimate of drug-likeness (QED) is 0.0247. The number of aromatic nitrogens is 1. The monoisotopic (exact) mass is 1090 g/mol. The Labute approximate surface area is 421 Å². The molecule has 18 heteroatoms. The summed E-state index contributed by atoms with van der Waals surface area (Å²) in [4.78, 5) is 68.1. The summed E-state index contributed by atoms with van der Waals surface area (Å²) in [7, 11) is 2.05. The van der Waals surface area contributed by atoms with Gasteiger partial charge in [0.05, 0.1) is 51.8 Å². The molecule has 0 saturated carbocycles. The summed E-state index contributed by atoms with van der Waals surface area (Å²) < 4.78 is 43.8. The van der Waals surface area contributed by atoms with E-state index in [4.69, 9.17) is 4.84 Å². The van der Waals surface area contributed by atoms with Gasteiger partial charge in [0.25, 0.3) is 5.91 Å². The number of aliphatic hydroxyl groups is 1. The molecule has 3 aromatic carbocycles. The normalized spacial score (nSPS) is 15.8. The minimum absolute atomic E-state index is 0.0139. The first kappa shape index (κ1) is 55.3. The van der Waals surface area contributed by atoms with E-state index in [2.05, 4.69) is 38.4 Å². The highest BCUT2D eigenvalue weighted by atomic mass is 127. The number of halogens is 4. The zero-order chi connectivity index (χ0) is 50.3. The molecule has 0 unspecified atom stereocenters. The molecule has 5 rings (SSSR count). The number of thiazole rings is 1. The van der Waals surface area contributed by atoms with Gasteiger partial charge in [-0.3, -0.25) is 24.0 Å². The van der Waals surface area contributed by atoms with E-state index in [-0.39, 0.29) is 61.0 Å². The van der Waals surface area contributed by atoms with Crippen molar-refractivity contribution in [3.8, 4) is 10.4 Å². The number of aryl methyl sites for hydroxylation is 1. The van der Waals surface area contributed by atoms with Crippen LogP contribution in [0.2, 0.25) is 0 Å². The maximum Gasteiger partial charge on any atom is 0.277 e. The van der Waals surface area contributed by atoms with Crippen molar-refractivity contribution in [3.05, 3.63) is 98.0 Å². The SMILES string of the molecule is Cc1ncsc1-c1ccc([C@H](C)NC(=O)[C@@H]2C[C@@H](O)CN2C(=O)[C@@H](NC(=O)CCCCCCCCCN(C)CCCCONC(=O)c2ccc(F)c(F)c2Nc2ccc(I)cc2F)C(C)(C)C)cc1. The van der Waals surface area contributed by atoms with Gasteiger partial charge in [0.2, 0.25) is 17.7 Å². The number of carbonyl (C=O) groups excluding carboxylic acids is 4. The van der Waals surface area contributed by atoms with Gasteiger partial charge in [0.1, 0.15) is 17.9 Å². The molecular formula is C51H67F3IN7O6S. The summed E-state index contributed by atoms with van der Waals surface area (Å²) in [6.07, 6.45) is 7.87. The summed E-state index contributed by atoms with van der Waals surface area (Å²) in [6, 6.07) is 12.0. The fourth-order valence-electron chi connectivity index (χ4n) is 8.23. The van der Waals surface area contributed by atoms with E-state index in [1.165, 1.54) is 17.0 Å². The standard InChI is InChI=1S/C51H67F3IN7O6S/c1-32(34-17-19-35(20-18-34)46-33(2)56-31-69-46)57-49(66)42-29-37(63)30-62(42)50(67)47(51(3,4)5)59-43(64)16-12-10-8-7-9-11-13-25-61(6)26-14-15-27-68-60-48(65)38-22-23-39(52)44(54)45(38)58-41-24-21-36(55)28-40(41)53/h17-24,28,31-32,37,42,47,58,63H,7-16,25-27,29-30H2,1-6H3,(H,57,66)(H,59,64)(H,60,65)/t32-,37+,42-,47+/m0/s1. The Balaban J connectivity index is 0.926. The fraction of sp³-hybridized carbons (Fsp3) is 0.510. The molecule has 0 spiro atoms. The number of hydrogen-bond donors (Lipinski definition) is 5. The molecule has 69 heavy (non-hydrogen) atoms. The highest BCUT2D eigenvalue weighted by Crippen LogP contribution is 2.31. The molecule has 1 aliphatic rings. The highest BCUT2D eigenvalue weighted by molar-refractivity contribution is 14.1. The van der Waals surface area contributed by atoms with Crippen LogP contribution in [0.5, 0.6) is 0 Å². The van der Waals surface area contributed by atoms with Crippen molar-refractivity contribution in [1.82, 2.24) is 30.9 Å². The van der Waals surface area contributed by atoms with E-state index in [1.54, 1.807) is 17.4 Å². The second kappa shape index (κ2) is 26.5. The van der Waals surface area contributed by atoms with Crippen molar-refractivity contribution in [2.45, 2.75) is 129 Å². The van der Waals surface area contributed by atoms with Crippen molar-refractivity contribution in [1.29, 1.82) is 0 Å². The predicted molar refractivity (Wildman–Crippen MR) is 272 cm³/mol. The number of carbonyl (C=O) groups is 4. The second-order valence-electron chi connectivity index (χ2n) is 18.9. The van der Waals surface area contributed by atoms with E-state index in [1.807, 2.05) is 87.0 Å². The van der Waals surface area contributed by atoms with Crippen molar-refractivity contribution in [2.75, 3.05) is 38.6 Å². The van der Waals surface area contributed by atoms with Crippen LogP contribution in [-0.2, 0) is 19.2 Å². The maximum atomic E-state index is 14.7. The van der Waals surface area contributed by atoms with E-state index in [0.29, 0.717) is 16.4 Å². The number of rotatable bonds is 25. The van der Waals surface area contributed by atoms with Crippen molar-refractivity contribution in [3.63, 3.8) is 0 Å². The Morgan fingerprint density at radius 1 is 0.913 bits per heavy atom. The topological polar surface area (TPSA) is 165 Å². The number of unbranched alkanes of at least 4 members (excludes halogenated alkanes) is 7. The third-order valence-electron chi connectivity index (χ3n) is 12.2. The third kappa shape index (κ3) is 16.5. The van der Waals surface area contributed by atoms with Crippen LogP contribution in [-0.4, -0.2) is 95.0 Å². The van der Waals surface area contributed by atoms with Gasteiger partial charge in [-0.1, -0.05) is 77.1 Å². The van der Waals surface area contributed by atoms with Gasteiger partial charge in [-0.05, 0) is 129 Å². The first-order valence-electron chi connectivity index (χ1n) is 23.7. The molecule has 0 bridgehead atoms. The molecule has 2 heterocycles. The first-order chi connectivity index (χ1) is 32.8. The number of aliphatic hydroxyl groups excluding tert-OH is 1. The van der Waals surface area contributed by atoms with Gasteiger partial charge in [-0.2, -0.15) is 0 Å². The maximum absolute atomic E-state index is 14.7. The highest BCUT2D eigenvalue weighted by Gasteiger charge is 2.44. The Morgan fingerprint density at radius 3 is 2.23 bits per heavy atom. The number of benzene rings is 3. The van der Waals surface area contributed by atoms with Gasteiger partial charge in [-0.25, -0.2) is 23.6 Å². The molecule has 4 atom stereocenters. The molecule has 4 amide bonds. The molecule has 376 valence electrons. The van der Waals surface area contributed by atoms with Gasteiger partial charge >= 0.3 is 0 Å². The lowest BCUT2D eigenvalue weighted by molar-refractivity contribution is -0.144. The number of nitrogens with one attached hydrogen (secondary N) is 4. The van der Waals surface area contributed by atoms with Crippen LogP contribution in [0.3, 0.4) is 0 Å². The molecule has 1 aromatic heterocycles. The first-order valence-corrected chi connectivity index (χ1v) is 25.7. The predicted octanol–water partition coefficient (Wildman–Crippen LogP) is 9.75. The average molecular weight is 1090 g/mol. The Morgan fingerprint density at radius 2 is 1.58 bits per heavy atom. The lowest BCUT2D eigenvalue weighted by Crippen LogP contribution is -2.57. The molecule has 1 fully saturated rings. The van der Waals surface area contributed by atoms with Crippen molar-refractivity contribution in [2.24, 2.45) is 5.41 Å². The van der Waals surface area contributed by atoms with Gasteiger partial charge < -0.3 is 30.9 Å². The fourth-order valence-corrected chi connectivity index (χ4v) is 9.49. The minimum Gasteiger partial charge on any atom is -0.391 e. The van der Waals surface area contributed by atoms with Crippen LogP contribution in [0, 0.1) is 33.4 Å². The lowest BCUT2D eigenvalue weighted by Gasteiger charge is -2.35. The number of nitrogens with zero attached hydrogens (tertiary/aromatic N) is 3. The van der Waals surface area contributed by atoms with E-state index < -0.39 is 52.6 Å². The smallest absolute Gasteiger partial charge is 0.277 e. The van der Waals surface area contributed by atoms with Crippen molar-refractivity contribution >= 4 is 68.9 Å². The number of likely N-dealkylation sites (tertiary alicyclic amines) is 1. The second-order valence-corrected chi connectivity index (χ2v) is 21.0. The minimum atomic E-state index is -1.31. The molecule has 1 saturated heterocycles. The molecule has 1 aliphatic heterocycles. The van der Waals surface area contributed by atoms with Crippen LogP contribution in [0.1, 0.15) is 126 Å². The molecular weight excluding hydrogens is 1020 g/mol. The van der Waals surface area contributed by atoms with E-state index in [9.17, 15) is 37.5 Å². The summed E-state index contributed by atoms with van der Waals surface area (Å²) >= 11 is 3.50. The summed E-state index contributed by atoms with van der Waals surface area (Å²) in [6.45, 7) is 11.5. The molecule has 4 aromatic rings. The molecule has 0 aliphatic carbocycles. The van der Waals surface area contributed by atoms with Gasteiger partial charge in [-0.15, -0.1) is 11.3 Å². The number of amides is 4. The van der Waals surface area contributed by atoms with E-state index >= 15 is 0 Å². The summed E-state index contributed by atoms with van der Waals surface area (Å²) in [5.41, 5.74) is 5.54. The zero-order valence-corrected chi connectivity index (χ0v) is 43.4. The average Bonchev–Trinajstić information content (AvgIpc) is 3.92. The van der Waals surface area contributed by atoms with Crippen LogP contribution < -0.4 is 21.4 Å². The summed E-state index contributed by atoms with van der Waals surface area (Å²) in [5.74, 6) is -4.91. The molecule has 0 radical (unpaired) electrons. The number of β-amino-alcohol motifs (C(OH)–C–C–N with tert-alkyl or cyclic N) is 1. The lowest BCUT2D eigenvalue weighted by atomic mass is 9.85. The van der Waals surface area contributed by atoms with Crippen molar-refractivity contribution < 1.29 is 42.3 Å². The van der Waals surface area contributed by atoms with Crippen LogP contribution in [0.4, 0.5) is 24.5 Å². The zero-order valence-electron chi connectivity index (χ0n) is 40.4. The third-order valence-corrected chi connectivity index (χ3v) is 13.9. The molecule has 13 nitrogen and oxygen atoms in total. The number of hydrogen-bond acceptors (Lipinski definition) is 10. The van der Waals surface area contributed by atoms with E-state index in [0.717, 1.165) is 91.9 Å². The number of hydroxylamine groups is 1. The van der Waals surface area contributed by atoms with Gasteiger partial charge in [0.15, 0.2) is 11.6 Å². The van der Waals surface area contributed by atoms with Gasteiger partial charge in [0, 0.05) is 23.0 Å². The Hall–Kier alpha value is -4.63. The Bertz CT molecular complexity index is 2350.